The molecule has 3 rings (SSSR count). The van der Waals surface area contributed by atoms with Crippen LogP contribution in [0.2, 0.25) is 0 Å². The molecule has 0 saturated heterocycles. The van der Waals surface area contributed by atoms with E-state index in [4.69, 9.17) is 0 Å². The van der Waals surface area contributed by atoms with Gasteiger partial charge >= 0.3 is 0 Å². The highest BCUT2D eigenvalue weighted by molar-refractivity contribution is 5.82. The van der Waals surface area contributed by atoms with E-state index in [-0.39, 0.29) is 0 Å². The highest BCUT2D eigenvalue weighted by atomic mass is 16.3. The van der Waals surface area contributed by atoms with E-state index in [9.17, 15) is 5.11 Å². The standard InChI is InChI=1S/C15H16N4O/c1-2-19-14-6-4-3-5-11(14)13(18-19)9-15(20)12-7-8-16-10-17-12/h3-8,10,15,20H,2,9H2,1H3. The Morgan fingerprint density at radius 2 is 2.10 bits per heavy atom. The fourth-order valence-electron chi connectivity index (χ4n) is 2.37. The van der Waals surface area contributed by atoms with Gasteiger partial charge < -0.3 is 5.11 Å². The van der Waals surface area contributed by atoms with E-state index in [1.54, 1.807) is 12.3 Å². The first-order valence-corrected chi connectivity index (χ1v) is 6.68. The predicted octanol–water partition coefficient (Wildman–Crippen LogP) is 2.12. The molecule has 0 spiro atoms. The van der Waals surface area contributed by atoms with Gasteiger partial charge in [0.2, 0.25) is 0 Å². The molecule has 0 radical (unpaired) electrons. The van der Waals surface area contributed by atoms with Gasteiger partial charge in [-0.3, -0.25) is 4.68 Å². The number of rotatable bonds is 4. The molecule has 1 atom stereocenters. The van der Waals surface area contributed by atoms with Crippen molar-refractivity contribution in [3.63, 3.8) is 0 Å². The number of hydrogen-bond donors (Lipinski definition) is 1. The molecule has 3 aromatic rings. The van der Waals surface area contributed by atoms with Gasteiger partial charge in [-0.15, -0.1) is 0 Å². The Balaban J connectivity index is 1.95. The first kappa shape index (κ1) is 12.7. The number of aryl methyl sites for hydroxylation is 1. The number of aliphatic hydroxyl groups excluding tert-OH is 1. The summed E-state index contributed by atoms with van der Waals surface area (Å²) in [6.45, 7) is 2.87. The molecule has 0 fully saturated rings. The van der Waals surface area contributed by atoms with Crippen molar-refractivity contribution in [2.75, 3.05) is 0 Å². The second-order valence-electron chi connectivity index (χ2n) is 4.63. The van der Waals surface area contributed by atoms with E-state index in [0.29, 0.717) is 12.1 Å². The van der Waals surface area contributed by atoms with E-state index >= 15 is 0 Å². The lowest BCUT2D eigenvalue weighted by Gasteiger charge is -2.07. The Kier molecular flexibility index (Phi) is 3.43. The number of aromatic nitrogens is 4. The van der Waals surface area contributed by atoms with Crippen LogP contribution in [0, 0.1) is 0 Å². The van der Waals surface area contributed by atoms with Crippen LogP contribution in [0.15, 0.2) is 42.9 Å². The largest absolute Gasteiger partial charge is 0.386 e. The van der Waals surface area contributed by atoms with Gasteiger partial charge in [0.1, 0.15) is 12.4 Å². The van der Waals surface area contributed by atoms with E-state index in [0.717, 1.165) is 23.1 Å². The third-order valence-electron chi connectivity index (χ3n) is 3.37. The van der Waals surface area contributed by atoms with E-state index in [2.05, 4.69) is 22.0 Å². The van der Waals surface area contributed by atoms with Crippen LogP contribution in [-0.2, 0) is 13.0 Å². The van der Waals surface area contributed by atoms with Crippen molar-refractivity contribution >= 4 is 10.9 Å². The summed E-state index contributed by atoms with van der Waals surface area (Å²) in [5.41, 5.74) is 2.61. The Morgan fingerprint density at radius 3 is 2.85 bits per heavy atom. The molecular formula is C15H16N4O. The summed E-state index contributed by atoms with van der Waals surface area (Å²) in [5.74, 6) is 0. The van der Waals surface area contributed by atoms with Crippen LogP contribution >= 0.6 is 0 Å². The molecule has 102 valence electrons. The molecule has 2 heterocycles. The Morgan fingerprint density at radius 1 is 1.25 bits per heavy atom. The summed E-state index contributed by atoms with van der Waals surface area (Å²) >= 11 is 0. The Bertz CT molecular complexity index is 708. The van der Waals surface area contributed by atoms with Gasteiger partial charge in [-0.2, -0.15) is 5.10 Å². The third-order valence-corrected chi connectivity index (χ3v) is 3.37. The maximum absolute atomic E-state index is 10.3. The highest BCUT2D eigenvalue weighted by Gasteiger charge is 2.15. The number of aliphatic hydroxyl groups is 1. The van der Waals surface area contributed by atoms with Gasteiger partial charge in [0.05, 0.1) is 16.9 Å². The summed E-state index contributed by atoms with van der Waals surface area (Å²) in [6, 6.07) is 9.80. The quantitative estimate of drug-likeness (QED) is 0.787. The van der Waals surface area contributed by atoms with E-state index < -0.39 is 6.10 Å². The van der Waals surface area contributed by atoms with Crippen LogP contribution in [0.25, 0.3) is 10.9 Å². The van der Waals surface area contributed by atoms with Crippen LogP contribution in [0.1, 0.15) is 24.4 Å². The maximum atomic E-state index is 10.3. The second-order valence-corrected chi connectivity index (χ2v) is 4.63. The summed E-state index contributed by atoms with van der Waals surface area (Å²) < 4.78 is 1.96. The van der Waals surface area contributed by atoms with E-state index in [1.165, 1.54) is 6.33 Å². The molecule has 5 heteroatoms. The fraction of sp³-hybridized carbons (Fsp3) is 0.267. The van der Waals surface area contributed by atoms with Crippen LogP contribution in [-0.4, -0.2) is 24.9 Å². The normalized spacial score (nSPS) is 12.7. The fourth-order valence-corrected chi connectivity index (χ4v) is 2.37. The summed E-state index contributed by atoms with van der Waals surface area (Å²) in [7, 11) is 0. The lowest BCUT2D eigenvalue weighted by atomic mass is 10.1. The summed E-state index contributed by atoms with van der Waals surface area (Å²) in [6.07, 6.45) is 2.86. The van der Waals surface area contributed by atoms with Crippen molar-refractivity contribution in [1.29, 1.82) is 0 Å². The second kappa shape index (κ2) is 5.38. The number of para-hydroxylation sites is 1. The minimum absolute atomic E-state index is 0.449. The van der Waals surface area contributed by atoms with Crippen molar-refractivity contribution < 1.29 is 5.11 Å². The van der Waals surface area contributed by atoms with Gasteiger partial charge in [-0.25, -0.2) is 9.97 Å². The number of benzene rings is 1. The summed E-state index contributed by atoms with van der Waals surface area (Å²) in [4.78, 5) is 7.95. The van der Waals surface area contributed by atoms with Crippen LogP contribution in [0.5, 0.6) is 0 Å². The minimum atomic E-state index is -0.665. The molecule has 5 nitrogen and oxygen atoms in total. The zero-order valence-electron chi connectivity index (χ0n) is 11.3. The summed E-state index contributed by atoms with van der Waals surface area (Å²) in [5, 5.41) is 15.9. The average molecular weight is 268 g/mol. The molecule has 2 aromatic heterocycles. The smallest absolute Gasteiger partial charge is 0.115 e. The lowest BCUT2D eigenvalue weighted by molar-refractivity contribution is 0.172. The molecule has 1 unspecified atom stereocenters. The Hall–Kier alpha value is -2.27. The molecule has 0 bridgehead atoms. The Labute approximate surface area is 116 Å². The van der Waals surface area contributed by atoms with Crippen molar-refractivity contribution in [2.45, 2.75) is 26.0 Å². The van der Waals surface area contributed by atoms with Crippen LogP contribution in [0.4, 0.5) is 0 Å². The molecule has 0 aliphatic rings. The molecule has 0 aliphatic carbocycles. The first-order valence-electron chi connectivity index (χ1n) is 6.68. The molecule has 1 N–H and O–H groups in total. The number of hydrogen-bond acceptors (Lipinski definition) is 4. The first-order chi connectivity index (χ1) is 9.79. The van der Waals surface area contributed by atoms with Gasteiger partial charge in [-0.05, 0) is 19.1 Å². The monoisotopic (exact) mass is 268 g/mol. The topological polar surface area (TPSA) is 63.8 Å². The van der Waals surface area contributed by atoms with Crippen molar-refractivity contribution in [2.24, 2.45) is 0 Å². The zero-order valence-corrected chi connectivity index (χ0v) is 11.3. The third kappa shape index (κ3) is 2.28. The predicted molar refractivity (Wildman–Crippen MR) is 76.1 cm³/mol. The minimum Gasteiger partial charge on any atom is -0.386 e. The number of nitrogens with zero attached hydrogens (tertiary/aromatic N) is 4. The van der Waals surface area contributed by atoms with Crippen molar-refractivity contribution in [1.82, 2.24) is 19.7 Å². The van der Waals surface area contributed by atoms with Crippen LogP contribution < -0.4 is 0 Å². The SMILES string of the molecule is CCn1nc(CC(O)c2ccncn2)c2ccccc21. The van der Waals surface area contributed by atoms with Crippen LogP contribution in [0.3, 0.4) is 0 Å². The molecule has 0 saturated carbocycles. The van der Waals surface area contributed by atoms with Crippen molar-refractivity contribution in [3.05, 3.63) is 54.2 Å². The lowest BCUT2D eigenvalue weighted by Crippen LogP contribution is -2.05. The molecule has 0 aliphatic heterocycles. The molecule has 1 aromatic carbocycles. The van der Waals surface area contributed by atoms with Gasteiger partial charge in [0, 0.05) is 24.5 Å². The van der Waals surface area contributed by atoms with Crippen molar-refractivity contribution in [3.8, 4) is 0 Å². The zero-order chi connectivity index (χ0) is 13.9. The molecule has 20 heavy (non-hydrogen) atoms. The average Bonchev–Trinajstić information content (AvgIpc) is 2.86. The maximum Gasteiger partial charge on any atom is 0.115 e. The highest BCUT2D eigenvalue weighted by Crippen LogP contribution is 2.23. The van der Waals surface area contributed by atoms with Gasteiger partial charge in [0.25, 0.3) is 0 Å². The van der Waals surface area contributed by atoms with E-state index in [1.807, 2.05) is 28.9 Å². The molecule has 0 amide bonds. The molecular weight excluding hydrogens is 252 g/mol. The van der Waals surface area contributed by atoms with Gasteiger partial charge in [0.15, 0.2) is 0 Å². The number of fused-ring (bicyclic) bond motifs is 1. The van der Waals surface area contributed by atoms with Gasteiger partial charge in [-0.1, -0.05) is 18.2 Å².